The predicted octanol–water partition coefficient (Wildman–Crippen LogP) is 15.8. The van der Waals surface area contributed by atoms with Gasteiger partial charge in [0.05, 0.1) is 6.61 Å². The molecule has 0 aliphatic rings. The van der Waals surface area contributed by atoms with E-state index in [1.807, 2.05) is 12.1 Å². The Morgan fingerprint density at radius 1 is 0.561 bits per heavy atom. The molecule has 0 saturated heterocycles. The van der Waals surface area contributed by atoms with E-state index in [0.717, 1.165) is 14.8 Å². The van der Waals surface area contributed by atoms with Gasteiger partial charge in [-0.1, -0.05) is 118 Å². The number of aromatic nitrogens is 2. The third-order valence-electron chi connectivity index (χ3n) is 10.6. The van der Waals surface area contributed by atoms with Gasteiger partial charge in [-0.25, -0.2) is 0 Å². The predicted molar refractivity (Wildman–Crippen MR) is 307 cm³/mol. The number of rotatable bonds is 10. The van der Waals surface area contributed by atoms with Crippen molar-refractivity contribution >= 4 is 130 Å². The van der Waals surface area contributed by atoms with Gasteiger partial charge in [-0.3, -0.25) is 0 Å². The van der Waals surface area contributed by atoms with Gasteiger partial charge in [0.2, 0.25) is 0 Å². The van der Waals surface area contributed by atoms with Crippen LogP contribution in [-0.2, 0) is 22.1 Å². The van der Waals surface area contributed by atoms with Gasteiger partial charge in [0.25, 0.3) is 5.82 Å². The minimum atomic E-state index is -2.27. The molecular formula is C53H80BrN4O2PSi2Sn3. The van der Waals surface area contributed by atoms with E-state index in [9.17, 15) is 0 Å². The van der Waals surface area contributed by atoms with Crippen molar-refractivity contribution in [1.29, 1.82) is 0 Å². The molecule has 0 fully saturated rings. The van der Waals surface area contributed by atoms with Crippen LogP contribution < -0.4 is 19.6 Å². The summed E-state index contributed by atoms with van der Waals surface area (Å²) in [6.07, 6.45) is 0. The summed E-state index contributed by atoms with van der Waals surface area (Å²) >= 11 is -0.0414. The fourth-order valence-electron chi connectivity index (χ4n) is 4.91. The van der Waals surface area contributed by atoms with E-state index < -0.39 is 82.5 Å². The Morgan fingerprint density at radius 3 is 1.15 bits per heavy atom. The van der Waals surface area contributed by atoms with Crippen LogP contribution in [0.1, 0.15) is 52.7 Å². The fraction of sp³-hybridized carbons (Fsp3) is 0.434. The van der Waals surface area contributed by atoms with E-state index >= 15 is 0 Å². The second kappa shape index (κ2) is 29.7. The van der Waals surface area contributed by atoms with E-state index in [-0.39, 0.29) is 10.1 Å². The SMILES string of the molecule is [C-]#[N+]c1cc(CO[Si](C)(C)C(C)(C)C)c[c]([Sn]([CH3])([CH3])[CH3])n1.[C-]#[N+]c1cc(CO[Si](C)(C)C(C)(C)C)cc(Br)n1.[CH3][Sn]([CH3])[CH3].[CH3][Sn]([CH3])[CH3].c1ccc(P(c2ccccc2)c2ccccc2)cc1. The molecule has 0 bridgehead atoms. The fourth-order valence-corrected chi connectivity index (χ4v) is 12.7. The van der Waals surface area contributed by atoms with Crippen LogP contribution in [0.4, 0.5) is 11.6 Å². The maximum Gasteiger partial charge on any atom is -0.0134 e. The van der Waals surface area contributed by atoms with Crippen LogP contribution in [0.5, 0.6) is 0 Å². The summed E-state index contributed by atoms with van der Waals surface area (Å²) in [5.74, 6) is 0.908. The Kier molecular flexibility index (Phi) is 28.2. The number of pyridine rings is 2. The monoisotopic (exact) mass is 1330 g/mol. The van der Waals surface area contributed by atoms with E-state index in [0.29, 0.717) is 29.5 Å². The molecule has 5 rings (SSSR count). The summed E-state index contributed by atoms with van der Waals surface area (Å²) in [5, 5.41) is 4.59. The summed E-state index contributed by atoms with van der Waals surface area (Å²) in [7, 11) is -3.95. The average molecular weight is 1330 g/mol. The van der Waals surface area contributed by atoms with Crippen molar-refractivity contribution < 1.29 is 8.85 Å². The number of nitrogens with zero attached hydrogens (tertiary/aromatic N) is 4. The molecule has 2 radical (unpaired) electrons. The molecule has 66 heavy (non-hydrogen) atoms. The average Bonchev–Trinajstić information content (AvgIpc) is 3.22. The normalized spacial score (nSPS) is 11.7. The Bertz CT molecular complexity index is 2150. The molecule has 356 valence electrons. The zero-order valence-corrected chi connectivity index (χ0v) is 56.9. The van der Waals surface area contributed by atoms with Gasteiger partial charge >= 0.3 is 204 Å². The summed E-state index contributed by atoms with van der Waals surface area (Å²) in [4.78, 5) is 36.6. The number of hydrogen-bond acceptors (Lipinski definition) is 4. The van der Waals surface area contributed by atoms with E-state index in [1.54, 1.807) is 6.07 Å². The number of benzene rings is 3. The van der Waals surface area contributed by atoms with Crippen LogP contribution in [0.15, 0.2) is 120 Å². The molecule has 6 nitrogen and oxygen atoms in total. The van der Waals surface area contributed by atoms with Gasteiger partial charge < -0.3 is 9.27 Å². The molecule has 5 aromatic rings. The second-order valence-corrected chi connectivity index (χ2v) is 65.4. The Labute approximate surface area is 433 Å². The second-order valence-electron chi connectivity index (χ2n) is 21.3. The van der Waals surface area contributed by atoms with Gasteiger partial charge in [-0.2, -0.15) is 0 Å². The van der Waals surface area contributed by atoms with E-state index in [4.69, 9.17) is 22.0 Å². The topological polar surface area (TPSA) is 53.0 Å². The first kappa shape index (κ1) is 62.6. The summed E-state index contributed by atoms with van der Waals surface area (Å²) in [6.45, 7) is 37.7. The standard InChI is InChI=1S/C18H15P.C13H19BrN2OSi.C13H19N2OSi.9CH3.3Sn/c1-4-10-16(11-5-1)19(17-12-6-2-7-13-17)18-14-8-3-9-15-18;1-13(2,3)18(5,6)17-9-10-7-11(14)16-12(8-10)15-4;1-13(2,3)17(5,6)16-10-11-7-8-15-12(9-11)14-4;;;;;;;;;;;;/h1-15H;7-8H,9H2,1-3,5-6H3;7,9H,10H2,1-3,5-6H3;9*1H3;;;. The van der Waals surface area contributed by atoms with Crippen molar-refractivity contribution in [3.05, 3.63) is 154 Å². The van der Waals surface area contributed by atoms with Gasteiger partial charge in [0.15, 0.2) is 12.9 Å². The van der Waals surface area contributed by atoms with E-state index in [1.165, 1.54) is 15.9 Å². The first-order chi connectivity index (χ1) is 30.4. The third kappa shape index (κ3) is 24.4. The Balaban J connectivity index is 0.000000457. The van der Waals surface area contributed by atoms with Crippen LogP contribution in [0, 0.1) is 13.1 Å². The van der Waals surface area contributed by atoms with Crippen LogP contribution in [0.25, 0.3) is 9.69 Å². The van der Waals surface area contributed by atoms with Crippen molar-refractivity contribution in [1.82, 2.24) is 9.97 Å². The maximum absolute atomic E-state index is 7.25. The Morgan fingerprint density at radius 2 is 0.864 bits per heavy atom. The Hall–Kier alpha value is -1.40. The van der Waals surface area contributed by atoms with Gasteiger partial charge in [-0.15, -0.1) is 4.98 Å². The molecule has 3 aromatic carbocycles. The zero-order valence-electron chi connectivity index (χ0n) is 43.8. The molecule has 0 saturated carbocycles. The molecule has 13 heteroatoms. The molecule has 2 heterocycles. The molecule has 0 unspecified atom stereocenters. The van der Waals surface area contributed by atoms with Crippen molar-refractivity contribution in [3.8, 4) is 0 Å². The van der Waals surface area contributed by atoms with Crippen LogP contribution in [-0.4, -0.2) is 84.5 Å². The molecule has 0 aliphatic carbocycles. The molecule has 0 N–H and O–H groups in total. The molecular weight excluding hydrogens is 1250 g/mol. The first-order valence-corrected chi connectivity index (χ1v) is 57.7. The van der Waals surface area contributed by atoms with Crippen molar-refractivity contribution in [2.45, 2.75) is 135 Å². The summed E-state index contributed by atoms with van der Waals surface area (Å²) in [5.41, 5.74) is 2.09. The molecule has 2 aromatic heterocycles. The van der Waals surface area contributed by atoms with Gasteiger partial charge in [0, 0.05) is 0 Å². The van der Waals surface area contributed by atoms with Gasteiger partial charge in [0.1, 0.15) is 0 Å². The minimum Gasteiger partial charge on any atom is -0.0622 e. The minimum absolute atomic E-state index is 0.194. The van der Waals surface area contributed by atoms with Crippen LogP contribution in [0.3, 0.4) is 0 Å². The van der Waals surface area contributed by atoms with Crippen LogP contribution >= 0.6 is 23.9 Å². The molecule has 0 aliphatic heterocycles. The van der Waals surface area contributed by atoms with Gasteiger partial charge in [-0.05, 0) is 75.6 Å². The third-order valence-corrected chi connectivity index (χ3v) is 27.5. The number of hydrogen-bond donors (Lipinski definition) is 0. The maximum atomic E-state index is 7.25. The quantitative estimate of drug-likeness (QED) is 0.0605. The molecule has 0 spiro atoms. The summed E-state index contributed by atoms with van der Waals surface area (Å²) < 4.78 is 14.2. The summed E-state index contributed by atoms with van der Waals surface area (Å²) in [6, 6.07) is 40.1. The zero-order chi connectivity index (χ0) is 50.5. The van der Waals surface area contributed by atoms with Crippen molar-refractivity contribution in [2.75, 3.05) is 0 Å². The first-order valence-electron chi connectivity index (χ1n) is 22.6. The van der Waals surface area contributed by atoms with Crippen LogP contribution in [0.2, 0.25) is 80.7 Å². The number of halogens is 1. The van der Waals surface area contributed by atoms with Crippen molar-refractivity contribution in [3.63, 3.8) is 0 Å². The van der Waals surface area contributed by atoms with Crippen molar-refractivity contribution in [2.24, 2.45) is 0 Å². The molecule has 0 amide bonds. The smallest absolute Gasteiger partial charge is 0.0134 e. The molecule has 0 atom stereocenters. The van der Waals surface area contributed by atoms with E-state index in [2.05, 4.69) is 245 Å². The largest absolute Gasteiger partial charge is 0.0622 e.